The van der Waals surface area contributed by atoms with Crippen LogP contribution in [-0.4, -0.2) is 0 Å². The summed E-state index contributed by atoms with van der Waals surface area (Å²) in [4.78, 5) is 0. The molecular weight excluding hydrogens is 396 g/mol. The normalized spacial score (nSPS) is 32.2. The second-order valence-electron chi connectivity index (χ2n) is 10.8. The van der Waals surface area contributed by atoms with Crippen molar-refractivity contribution in [2.45, 2.75) is 76.5 Å². The largest absolute Gasteiger partial charge is 0.388 e. The first-order valence-corrected chi connectivity index (χ1v) is 11.7. The molecule has 32 heavy (non-hydrogen) atoms. The van der Waals surface area contributed by atoms with Gasteiger partial charge in [-0.3, -0.25) is 0 Å². The third-order valence-electron chi connectivity index (χ3n) is 8.82. The van der Waals surface area contributed by atoms with Crippen LogP contribution in [0.15, 0.2) is 36.4 Å². The van der Waals surface area contributed by atoms with Crippen molar-refractivity contribution in [3.63, 3.8) is 0 Å². The van der Waals surface area contributed by atoms with Crippen LogP contribution in [0, 0.1) is 48.2 Å². The lowest BCUT2D eigenvalue weighted by atomic mass is 9.37. The smallest absolute Gasteiger partial charge is 0.292 e. The van der Waals surface area contributed by atoms with Gasteiger partial charge in [0, 0.05) is 0 Å². The summed E-state index contributed by atoms with van der Waals surface area (Å²) in [5.41, 5.74) is 5.61. The van der Waals surface area contributed by atoms with Gasteiger partial charge in [0.2, 0.25) is 0 Å². The fraction of sp³-hybridized carbons (Fsp3) is 0.500. The summed E-state index contributed by atoms with van der Waals surface area (Å²) in [6.45, 7) is 6.46. The fourth-order valence-corrected chi connectivity index (χ4v) is 7.96. The first-order chi connectivity index (χ1) is 15.4. The maximum Gasteiger partial charge on any atom is 0.292 e. The minimum Gasteiger partial charge on any atom is -0.388 e. The Labute approximate surface area is 190 Å². The quantitative estimate of drug-likeness (QED) is 0.506. The first-order valence-electron chi connectivity index (χ1n) is 11.7. The van der Waals surface area contributed by atoms with Crippen LogP contribution in [-0.2, 0) is 10.8 Å². The van der Waals surface area contributed by atoms with Crippen molar-refractivity contribution in [1.29, 1.82) is 10.5 Å². The zero-order valence-electron chi connectivity index (χ0n) is 19.2. The summed E-state index contributed by atoms with van der Waals surface area (Å²) in [5, 5.41) is 17.9. The molecule has 4 bridgehead atoms. The molecule has 0 amide bonds. The highest BCUT2D eigenvalue weighted by atomic mass is 16.5. The van der Waals surface area contributed by atoms with Crippen LogP contribution in [0.1, 0.15) is 74.1 Å². The number of ether oxygens (including phenoxy) is 2. The van der Waals surface area contributed by atoms with E-state index in [1.165, 1.54) is 49.7 Å². The average molecular weight is 427 g/mol. The SMILES string of the molecule is CCC12CC3CC(c4ccc(OC#N)c(C)c4)(C1)CC(c1ccc(OC#N)c(C)c1)(C3)C2. The van der Waals surface area contributed by atoms with Gasteiger partial charge in [-0.25, -0.2) is 0 Å². The lowest BCUT2D eigenvalue weighted by Crippen LogP contribution is -2.60. The van der Waals surface area contributed by atoms with Crippen molar-refractivity contribution in [2.24, 2.45) is 11.3 Å². The number of benzene rings is 2. The van der Waals surface area contributed by atoms with E-state index in [4.69, 9.17) is 20.0 Å². The fourth-order valence-electron chi connectivity index (χ4n) is 7.96. The Morgan fingerprint density at radius 1 is 0.812 bits per heavy atom. The van der Waals surface area contributed by atoms with Gasteiger partial charge < -0.3 is 9.47 Å². The number of hydrogen-bond donors (Lipinski definition) is 0. The predicted octanol–water partition coefficient (Wildman–Crippen LogP) is 6.59. The molecule has 4 aliphatic carbocycles. The predicted molar refractivity (Wildman–Crippen MR) is 122 cm³/mol. The van der Waals surface area contributed by atoms with E-state index in [9.17, 15) is 0 Å². The van der Waals surface area contributed by atoms with Crippen LogP contribution in [0.3, 0.4) is 0 Å². The van der Waals surface area contributed by atoms with Crippen LogP contribution in [0.25, 0.3) is 0 Å². The number of aryl methyl sites for hydroxylation is 2. The molecule has 0 heterocycles. The van der Waals surface area contributed by atoms with Crippen molar-refractivity contribution in [3.8, 4) is 24.0 Å². The number of hydrogen-bond acceptors (Lipinski definition) is 4. The molecule has 4 aliphatic rings. The van der Waals surface area contributed by atoms with Crippen molar-refractivity contribution in [1.82, 2.24) is 0 Å². The van der Waals surface area contributed by atoms with E-state index in [1.54, 1.807) is 0 Å². The van der Waals surface area contributed by atoms with Gasteiger partial charge in [-0.15, -0.1) is 10.5 Å². The second kappa shape index (κ2) is 7.28. The maximum absolute atomic E-state index is 8.95. The number of nitrogens with zero attached hydrogens (tertiary/aromatic N) is 2. The molecule has 4 heteroatoms. The molecule has 164 valence electrons. The third-order valence-corrected chi connectivity index (χ3v) is 8.82. The van der Waals surface area contributed by atoms with Crippen molar-refractivity contribution >= 4 is 0 Å². The van der Waals surface area contributed by atoms with E-state index < -0.39 is 0 Å². The van der Waals surface area contributed by atoms with Crippen LogP contribution >= 0.6 is 0 Å². The molecular formula is C28H30N2O2. The molecule has 0 spiro atoms. The van der Waals surface area contributed by atoms with Crippen LogP contribution < -0.4 is 9.47 Å². The van der Waals surface area contributed by atoms with Crippen molar-refractivity contribution < 1.29 is 9.47 Å². The average Bonchev–Trinajstić information content (AvgIpc) is 2.76. The molecule has 0 aromatic heterocycles. The summed E-state index contributed by atoms with van der Waals surface area (Å²) < 4.78 is 10.3. The van der Waals surface area contributed by atoms with E-state index in [-0.39, 0.29) is 10.8 Å². The van der Waals surface area contributed by atoms with Gasteiger partial charge in [-0.05, 0) is 109 Å². The molecule has 2 atom stereocenters. The second-order valence-corrected chi connectivity index (χ2v) is 10.8. The van der Waals surface area contributed by atoms with Crippen LogP contribution in [0.5, 0.6) is 11.5 Å². The third kappa shape index (κ3) is 3.08. The van der Waals surface area contributed by atoms with Crippen molar-refractivity contribution in [2.75, 3.05) is 0 Å². The van der Waals surface area contributed by atoms with Gasteiger partial charge in [-0.1, -0.05) is 37.6 Å². The van der Waals surface area contributed by atoms with Crippen LogP contribution in [0.4, 0.5) is 0 Å². The Hall–Kier alpha value is -2.98. The Balaban J connectivity index is 1.60. The molecule has 4 fully saturated rings. The summed E-state index contributed by atoms with van der Waals surface area (Å²) in [5.74, 6) is 2.05. The van der Waals surface area contributed by atoms with Gasteiger partial charge in [0.05, 0.1) is 0 Å². The molecule has 2 unspecified atom stereocenters. The van der Waals surface area contributed by atoms with Crippen molar-refractivity contribution in [3.05, 3.63) is 58.7 Å². The van der Waals surface area contributed by atoms with E-state index in [0.717, 1.165) is 23.5 Å². The van der Waals surface area contributed by atoms with E-state index in [1.807, 2.05) is 38.5 Å². The summed E-state index contributed by atoms with van der Waals surface area (Å²) in [7, 11) is 0. The number of nitriles is 2. The molecule has 4 nitrogen and oxygen atoms in total. The summed E-state index contributed by atoms with van der Waals surface area (Å²) in [6, 6.07) is 12.9. The Kier molecular flexibility index (Phi) is 4.75. The minimum absolute atomic E-state index is 0.168. The first kappa shape index (κ1) is 20.9. The highest BCUT2D eigenvalue weighted by Crippen LogP contribution is 2.71. The zero-order chi connectivity index (χ0) is 22.6. The molecule has 6 rings (SSSR count). The summed E-state index contributed by atoms with van der Waals surface area (Å²) in [6.07, 6.45) is 12.4. The maximum atomic E-state index is 8.95. The van der Waals surface area contributed by atoms with E-state index in [0.29, 0.717) is 16.9 Å². The van der Waals surface area contributed by atoms with Gasteiger partial charge in [-0.2, -0.15) is 0 Å². The summed E-state index contributed by atoms with van der Waals surface area (Å²) >= 11 is 0. The molecule has 4 saturated carbocycles. The van der Waals surface area contributed by atoms with E-state index >= 15 is 0 Å². The Morgan fingerprint density at radius 2 is 1.31 bits per heavy atom. The van der Waals surface area contributed by atoms with Crippen LogP contribution in [0.2, 0.25) is 0 Å². The highest BCUT2D eigenvalue weighted by molar-refractivity contribution is 5.46. The highest BCUT2D eigenvalue weighted by Gasteiger charge is 2.63. The van der Waals surface area contributed by atoms with Gasteiger partial charge in [0.15, 0.2) is 0 Å². The van der Waals surface area contributed by atoms with Gasteiger partial charge in [0.1, 0.15) is 11.5 Å². The van der Waals surface area contributed by atoms with E-state index in [2.05, 4.69) is 31.2 Å². The van der Waals surface area contributed by atoms with Gasteiger partial charge in [0.25, 0.3) is 12.5 Å². The number of rotatable bonds is 5. The Morgan fingerprint density at radius 3 is 1.72 bits per heavy atom. The molecule has 2 aromatic carbocycles. The Bertz CT molecular complexity index is 1070. The zero-order valence-corrected chi connectivity index (χ0v) is 19.2. The standard InChI is InChI=1S/C28H30N2O2/c1-4-26-11-21-12-27(14-26,22-5-7-24(31-17-29)19(2)9-22)16-28(13-21,15-26)23-6-8-25(32-18-30)20(3)10-23/h5-10,21H,4,11-16H2,1-3H3. The molecule has 0 aliphatic heterocycles. The topological polar surface area (TPSA) is 66.0 Å². The lowest BCUT2D eigenvalue weighted by molar-refractivity contribution is -0.0920. The molecule has 0 N–H and O–H groups in total. The monoisotopic (exact) mass is 426 g/mol. The molecule has 0 saturated heterocycles. The molecule has 2 aromatic rings. The van der Waals surface area contributed by atoms with Gasteiger partial charge >= 0.3 is 0 Å². The molecule has 0 radical (unpaired) electrons. The minimum atomic E-state index is 0.168. The lowest BCUT2D eigenvalue weighted by Gasteiger charge is -2.67.